The highest BCUT2D eigenvalue weighted by Crippen LogP contribution is 2.19. The largest absolute Gasteiger partial charge is 0.303 e. The summed E-state index contributed by atoms with van der Waals surface area (Å²) in [6.07, 6.45) is 1.51. The zero-order chi connectivity index (χ0) is 8.97. The lowest BCUT2D eigenvalue weighted by Gasteiger charge is -2.06. The Morgan fingerprint density at radius 1 is 1.42 bits per heavy atom. The molecule has 1 aromatic carbocycles. The minimum atomic E-state index is 0.291. The molecule has 1 unspecified atom stereocenters. The van der Waals surface area contributed by atoms with Crippen molar-refractivity contribution in [3.05, 3.63) is 34.9 Å². The molecule has 12 heavy (non-hydrogen) atoms. The Hall–Kier alpha value is -0.820. The van der Waals surface area contributed by atoms with Crippen LogP contribution < -0.4 is 0 Å². The van der Waals surface area contributed by atoms with Crippen molar-refractivity contribution in [1.82, 2.24) is 0 Å². The molecule has 0 radical (unpaired) electrons. The molecule has 1 atom stereocenters. The van der Waals surface area contributed by atoms with Crippen molar-refractivity contribution in [2.45, 2.75) is 19.3 Å². The van der Waals surface area contributed by atoms with Gasteiger partial charge in [0.25, 0.3) is 0 Å². The van der Waals surface area contributed by atoms with Gasteiger partial charge in [0.05, 0.1) is 0 Å². The third-order valence-electron chi connectivity index (χ3n) is 1.89. The lowest BCUT2D eigenvalue weighted by atomic mass is 9.99. The van der Waals surface area contributed by atoms with Gasteiger partial charge in [-0.15, -0.1) is 0 Å². The second-order valence-corrected chi connectivity index (χ2v) is 3.29. The van der Waals surface area contributed by atoms with E-state index in [1.807, 2.05) is 31.2 Å². The average Bonchev–Trinajstić information content (AvgIpc) is 2.06. The molecule has 0 amide bonds. The van der Waals surface area contributed by atoms with Gasteiger partial charge in [-0.2, -0.15) is 0 Å². The highest BCUT2D eigenvalue weighted by Gasteiger charge is 2.03. The van der Waals surface area contributed by atoms with Crippen molar-refractivity contribution in [2.24, 2.45) is 0 Å². The lowest BCUT2D eigenvalue weighted by Crippen LogP contribution is -1.93. The van der Waals surface area contributed by atoms with Gasteiger partial charge in [-0.05, 0) is 23.6 Å². The second kappa shape index (κ2) is 4.27. The molecule has 0 N–H and O–H groups in total. The normalized spacial score (nSPS) is 12.5. The van der Waals surface area contributed by atoms with Gasteiger partial charge in [-0.3, -0.25) is 0 Å². The molecule has 0 saturated carbocycles. The Kier molecular flexibility index (Phi) is 3.30. The summed E-state index contributed by atoms with van der Waals surface area (Å²) in [6.45, 7) is 2.03. The first-order valence-electron chi connectivity index (χ1n) is 3.93. The number of carbonyl (C=O) groups excluding carboxylic acids is 1. The summed E-state index contributed by atoms with van der Waals surface area (Å²) in [5.41, 5.74) is 1.16. The van der Waals surface area contributed by atoms with Crippen LogP contribution in [0.25, 0.3) is 0 Å². The number of aldehydes is 1. The van der Waals surface area contributed by atoms with Crippen molar-refractivity contribution in [1.29, 1.82) is 0 Å². The molecule has 0 aliphatic rings. The molecule has 0 aromatic heterocycles. The third kappa shape index (κ3) is 2.35. The minimum Gasteiger partial charge on any atom is -0.303 e. The fraction of sp³-hybridized carbons (Fsp3) is 0.300. The van der Waals surface area contributed by atoms with E-state index in [0.29, 0.717) is 12.3 Å². The van der Waals surface area contributed by atoms with Crippen LogP contribution in [0.1, 0.15) is 24.8 Å². The van der Waals surface area contributed by atoms with Crippen LogP contribution in [0.4, 0.5) is 0 Å². The van der Waals surface area contributed by atoms with Gasteiger partial charge >= 0.3 is 0 Å². The van der Waals surface area contributed by atoms with Crippen LogP contribution in [0.2, 0.25) is 5.02 Å². The van der Waals surface area contributed by atoms with E-state index in [9.17, 15) is 4.79 Å². The summed E-state index contributed by atoms with van der Waals surface area (Å²) in [5.74, 6) is 0.291. The molecule has 64 valence electrons. The quantitative estimate of drug-likeness (QED) is 0.657. The first-order chi connectivity index (χ1) is 5.74. The van der Waals surface area contributed by atoms with Crippen LogP contribution >= 0.6 is 11.6 Å². The van der Waals surface area contributed by atoms with Crippen LogP contribution in [-0.4, -0.2) is 6.29 Å². The van der Waals surface area contributed by atoms with E-state index in [0.717, 1.165) is 16.9 Å². The van der Waals surface area contributed by atoms with Crippen LogP contribution in [0.5, 0.6) is 0 Å². The first kappa shape index (κ1) is 9.27. The number of rotatable bonds is 3. The highest BCUT2D eigenvalue weighted by molar-refractivity contribution is 6.30. The maximum atomic E-state index is 10.2. The van der Waals surface area contributed by atoms with Crippen molar-refractivity contribution in [3.63, 3.8) is 0 Å². The smallest absolute Gasteiger partial charge is 0.120 e. The molecule has 0 spiro atoms. The van der Waals surface area contributed by atoms with Gasteiger partial charge in [-0.25, -0.2) is 0 Å². The SMILES string of the molecule is CC(CC=O)c1ccc(Cl)cc1. The predicted octanol–water partition coefficient (Wildman–Crippen LogP) is 3.03. The molecule has 0 saturated heterocycles. The Labute approximate surface area is 77.4 Å². The highest BCUT2D eigenvalue weighted by atomic mass is 35.5. The van der Waals surface area contributed by atoms with Gasteiger partial charge < -0.3 is 4.79 Å². The molecule has 0 aliphatic carbocycles. The van der Waals surface area contributed by atoms with E-state index < -0.39 is 0 Å². The summed E-state index contributed by atoms with van der Waals surface area (Å²) in [5, 5.41) is 0.733. The Morgan fingerprint density at radius 3 is 2.50 bits per heavy atom. The molecule has 0 bridgehead atoms. The minimum absolute atomic E-state index is 0.291. The Bertz CT molecular complexity index is 253. The zero-order valence-corrected chi connectivity index (χ0v) is 7.71. The number of hydrogen-bond donors (Lipinski definition) is 0. The topological polar surface area (TPSA) is 17.1 Å². The van der Waals surface area contributed by atoms with Crippen molar-refractivity contribution in [3.8, 4) is 0 Å². The fourth-order valence-corrected chi connectivity index (χ4v) is 1.20. The standard InChI is InChI=1S/C10H11ClO/c1-8(6-7-12)9-2-4-10(11)5-3-9/h2-5,7-8H,6H2,1H3. The summed E-state index contributed by atoms with van der Waals surface area (Å²) >= 11 is 5.72. The van der Waals surface area contributed by atoms with Gasteiger partial charge in [0.2, 0.25) is 0 Å². The van der Waals surface area contributed by atoms with Crippen LogP contribution in [0.15, 0.2) is 24.3 Å². The number of hydrogen-bond acceptors (Lipinski definition) is 1. The van der Waals surface area contributed by atoms with E-state index in [1.165, 1.54) is 0 Å². The van der Waals surface area contributed by atoms with Crippen LogP contribution in [0.3, 0.4) is 0 Å². The van der Waals surface area contributed by atoms with Gasteiger partial charge in [-0.1, -0.05) is 30.7 Å². The predicted molar refractivity (Wildman–Crippen MR) is 50.5 cm³/mol. The summed E-state index contributed by atoms with van der Waals surface area (Å²) in [4.78, 5) is 10.2. The first-order valence-corrected chi connectivity index (χ1v) is 4.31. The maximum Gasteiger partial charge on any atom is 0.120 e. The van der Waals surface area contributed by atoms with E-state index >= 15 is 0 Å². The van der Waals surface area contributed by atoms with E-state index in [2.05, 4.69) is 0 Å². The van der Waals surface area contributed by atoms with E-state index in [4.69, 9.17) is 11.6 Å². The van der Waals surface area contributed by atoms with Crippen LogP contribution in [0, 0.1) is 0 Å². The maximum absolute atomic E-state index is 10.2. The molecular weight excluding hydrogens is 172 g/mol. The van der Waals surface area contributed by atoms with Crippen molar-refractivity contribution in [2.75, 3.05) is 0 Å². The third-order valence-corrected chi connectivity index (χ3v) is 2.14. The molecule has 0 heterocycles. The molecular formula is C10H11ClO. The summed E-state index contributed by atoms with van der Waals surface area (Å²) in [6, 6.07) is 7.60. The Morgan fingerprint density at radius 2 is 2.00 bits per heavy atom. The van der Waals surface area contributed by atoms with Crippen LogP contribution in [-0.2, 0) is 4.79 Å². The molecule has 1 rings (SSSR count). The molecule has 2 heteroatoms. The monoisotopic (exact) mass is 182 g/mol. The lowest BCUT2D eigenvalue weighted by molar-refractivity contribution is -0.108. The molecule has 1 nitrogen and oxygen atoms in total. The number of carbonyl (C=O) groups is 1. The van der Waals surface area contributed by atoms with Crippen molar-refractivity contribution < 1.29 is 4.79 Å². The van der Waals surface area contributed by atoms with E-state index in [1.54, 1.807) is 0 Å². The molecule has 1 aromatic rings. The average molecular weight is 183 g/mol. The number of benzene rings is 1. The van der Waals surface area contributed by atoms with Gasteiger partial charge in [0.15, 0.2) is 0 Å². The van der Waals surface area contributed by atoms with Gasteiger partial charge in [0, 0.05) is 11.4 Å². The summed E-state index contributed by atoms with van der Waals surface area (Å²) in [7, 11) is 0. The molecule has 0 aliphatic heterocycles. The van der Waals surface area contributed by atoms with E-state index in [-0.39, 0.29) is 0 Å². The Balaban J connectivity index is 2.74. The molecule has 0 fully saturated rings. The fourth-order valence-electron chi connectivity index (χ4n) is 1.07. The number of halogens is 1. The second-order valence-electron chi connectivity index (χ2n) is 2.85. The summed E-state index contributed by atoms with van der Waals surface area (Å²) < 4.78 is 0. The van der Waals surface area contributed by atoms with Gasteiger partial charge in [0.1, 0.15) is 6.29 Å². The van der Waals surface area contributed by atoms with Crippen molar-refractivity contribution >= 4 is 17.9 Å². The zero-order valence-electron chi connectivity index (χ0n) is 6.96.